The van der Waals surface area contributed by atoms with Gasteiger partial charge in [-0.05, 0) is 26.0 Å². The predicted molar refractivity (Wildman–Crippen MR) is 69.4 cm³/mol. The normalized spacial score (nSPS) is 10.8. The van der Waals surface area contributed by atoms with Crippen molar-refractivity contribution in [3.63, 3.8) is 0 Å². The lowest BCUT2D eigenvalue weighted by Crippen LogP contribution is -2.30. The van der Waals surface area contributed by atoms with Crippen LogP contribution in [0.2, 0.25) is 5.02 Å². The summed E-state index contributed by atoms with van der Waals surface area (Å²) in [7, 11) is 0. The number of nitrogens with one attached hydrogen (secondary N) is 1. The van der Waals surface area contributed by atoms with Gasteiger partial charge in [-0.25, -0.2) is 4.98 Å². The van der Waals surface area contributed by atoms with Crippen molar-refractivity contribution >= 4 is 28.4 Å². The molecule has 1 aromatic carbocycles. The molecule has 0 bridgehead atoms. The summed E-state index contributed by atoms with van der Waals surface area (Å²) in [4.78, 5) is 16.1. The number of carbonyl (C=O) groups is 1. The number of hydrogen-bond acceptors (Lipinski definition) is 2. The van der Waals surface area contributed by atoms with Crippen molar-refractivity contribution in [2.45, 2.75) is 19.9 Å². The molecule has 0 radical (unpaired) electrons. The molecule has 2 rings (SSSR count). The standard InChI is InChI=1S/C13H13ClN2O/c1-8(2)15-13(17)12-7-10(14)9-5-3-4-6-11(9)16-12/h3-8H,1-2H3,(H,15,17). The Balaban J connectivity index is 2.46. The molecule has 0 saturated heterocycles. The third-order valence-electron chi connectivity index (χ3n) is 2.32. The molecule has 1 amide bonds. The Bertz CT molecular complexity index is 566. The van der Waals surface area contributed by atoms with Gasteiger partial charge in [0.2, 0.25) is 0 Å². The highest BCUT2D eigenvalue weighted by atomic mass is 35.5. The lowest BCUT2D eigenvalue weighted by Gasteiger charge is -2.09. The summed E-state index contributed by atoms with van der Waals surface area (Å²) < 4.78 is 0. The fourth-order valence-electron chi connectivity index (χ4n) is 1.59. The van der Waals surface area contributed by atoms with Gasteiger partial charge in [0.25, 0.3) is 5.91 Å². The fourth-order valence-corrected chi connectivity index (χ4v) is 1.85. The first-order valence-corrected chi connectivity index (χ1v) is 5.82. The van der Waals surface area contributed by atoms with E-state index in [-0.39, 0.29) is 11.9 Å². The zero-order valence-corrected chi connectivity index (χ0v) is 10.5. The van der Waals surface area contributed by atoms with Crippen LogP contribution >= 0.6 is 11.6 Å². The van der Waals surface area contributed by atoms with Gasteiger partial charge in [0.1, 0.15) is 5.69 Å². The van der Waals surface area contributed by atoms with Gasteiger partial charge in [-0.1, -0.05) is 29.8 Å². The van der Waals surface area contributed by atoms with E-state index in [0.717, 1.165) is 10.9 Å². The Hall–Kier alpha value is -1.61. The maximum atomic E-state index is 11.8. The second kappa shape index (κ2) is 4.72. The number of fused-ring (bicyclic) bond motifs is 1. The van der Waals surface area contributed by atoms with E-state index in [2.05, 4.69) is 10.3 Å². The zero-order valence-electron chi connectivity index (χ0n) is 9.70. The average molecular weight is 249 g/mol. The van der Waals surface area contributed by atoms with E-state index in [1.54, 1.807) is 6.07 Å². The summed E-state index contributed by atoms with van der Waals surface area (Å²) in [6.45, 7) is 3.81. The Labute approximate surface area is 105 Å². The van der Waals surface area contributed by atoms with E-state index >= 15 is 0 Å². The number of pyridine rings is 1. The third-order valence-corrected chi connectivity index (χ3v) is 2.63. The number of hydrogen-bond donors (Lipinski definition) is 1. The number of benzene rings is 1. The second-order valence-electron chi connectivity index (χ2n) is 4.13. The molecule has 2 aromatic rings. The van der Waals surface area contributed by atoms with E-state index in [1.165, 1.54) is 0 Å². The Morgan fingerprint density at radius 1 is 1.35 bits per heavy atom. The van der Waals surface area contributed by atoms with Crippen molar-refractivity contribution in [2.75, 3.05) is 0 Å². The second-order valence-corrected chi connectivity index (χ2v) is 4.54. The van der Waals surface area contributed by atoms with Gasteiger partial charge in [0.05, 0.1) is 10.5 Å². The average Bonchev–Trinajstić information content (AvgIpc) is 2.28. The molecule has 17 heavy (non-hydrogen) atoms. The van der Waals surface area contributed by atoms with Gasteiger partial charge in [-0.2, -0.15) is 0 Å². The van der Waals surface area contributed by atoms with Crippen molar-refractivity contribution in [2.24, 2.45) is 0 Å². The van der Waals surface area contributed by atoms with E-state index in [9.17, 15) is 4.79 Å². The smallest absolute Gasteiger partial charge is 0.270 e. The van der Waals surface area contributed by atoms with Crippen molar-refractivity contribution in [1.29, 1.82) is 0 Å². The van der Waals surface area contributed by atoms with Crippen LogP contribution in [0.25, 0.3) is 10.9 Å². The van der Waals surface area contributed by atoms with Crippen molar-refractivity contribution in [1.82, 2.24) is 10.3 Å². The Morgan fingerprint density at radius 2 is 2.06 bits per heavy atom. The molecule has 0 aliphatic rings. The van der Waals surface area contributed by atoms with Crippen LogP contribution in [0.5, 0.6) is 0 Å². The van der Waals surface area contributed by atoms with Gasteiger partial charge in [0.15, 0.2) is 0 Å². The molecule has 0 unspecified atom stereocenters. The van der Waals surface area contributed by atoms with Crippen LogP contribution in [0.1, 0.15) is 24.3 Å². The summed E-state index contributed by atoms with van der Waals surface area (Å²) in [6.07, 6.45) is 0. The number of carbonyl (C=O) groups excluding carboxylic acids is 1. The zero-order chi connectivity index (χ0) is 12.4. The van der Waals surface area contributed by atoms with Crippen LogP contribution in [-0.4, -0.2) is 16.9 Å². The molecule has 0 aliphatic carbocycles. The highest BCUT2D eigenvalue weighted by Gasteiger charge is 2.11. The molecule has 1 N–H and O–H groups in total. The van der Waals surface area contributed by atoms with Gasteiger partial charge < -0.3 is 5.32 Å². The molecule has 0 aliphatic heterocycles. The first-order valence-electron chi connectivity index (χ1n) is 5.44. The number of amides is 1. The van der Waals surface area contributed by atoms with Crippen LogP contribution in [0, 0.1) is 0 Å². The summed E-state index contributed by atoms with van der Waals surface area (Å²) in [5.74, 6) is -0.201. The summed E-state index contributed by atoms with van der Waals surface area (Å²) in [6, 6.07) is 9.16. The van der Waals surface area contributed by atoms with Crippen molar-refractivity contribution in [3.8, 4) is 0 Å². The van der Waals surface area contributed by atoms with Crippen molar-refractivity contribution < 1.29 is 4.79 Å². The largest absolute Gasteiger partial charge is 0.349 e. The molecule has 0 fully saturated rings. The number of aromatic nitrogens is 1. The number of para-hydroxylation sites is 1. The molecule has 88 valence electrons. The monoisotopic (exact) mass is 248 g/mol. The van der Waals surface area contributed by atoms with Gasteiger partial charge in [-0.3, -0.25) is 4.79 Å². The lowest BCUT2D eigenvalue weighted by molar-refractivity contribution is 0.0938. The molecule has 1 heterocycles. The fraction of sp³-hybridized carbons (Fsp3) is 0.231. The number of halogens is 1. The predicted octanol–water partition coefficient (Wildman–Crippen LogP) is 3.03. The molecule has 1 aromatic heterocycles. The highest BCUT2D eigenvalue weighted by Crippen LogP contribution is 2.22. The SMILES string of the molecule is CC(C)NC(=O)c1cc(Cl)c2ccccc2n1. The first kappa shape index (κ1) is 11.9. The number of nitrogens with zero attached hydrogens (tertiary/aromatic N) is 1. The van der Waals surface area contributed by atoms with Crippen molar-refractivity contribution in [3.05, 3.63) is 41.0 Å². The quantitative estimate of drug-likeness (QED) is 0.888. The molecule has 0 atom stereocenters. The Morgan fingerprint density at radius 3 is 2.76 bits per heavy atom. The van der Waals surface area contributed by atoms with Crippen LogP contribution in [-0.2, 0) is 0 Å². The van der Waals surface area contributed by atoms with Gasteiger partial charge in [0, 0.05) is 11.4 Å². The Kier molecular flexibility index (Phi) is 3.29. The minimum absolute atomic E-state index is 0.0783. The maximum absolute atomic E-state index is 11.8. The summed E-state index contributed by atoms with van der Waals surface area (Å²) in [5, 5.41) is 4.19. The van der Waals surface area contributed by atoms with Crippen LogP contribution in [0.4, 0.5) is 0 Å². The third kappa shape index (κ3) is 2.56. The van der Waals surface area contributed by atoms with Crippen LogP contribution < -0.4 is 5.32 Å². The molecular formula is C13H13ClN2O. The summed E-state index contributed by atoms with van der Waals surface area (Å²) in [5.41, 5.74) is 1.08. The van der Waals surface area contributed by atoms with E-state index in [1.807, 2.05) is 38.1 Å². The van der Waals surface area contributed by atoms with E-state index in [4.69, 9.17) is 11.6 Å². The maximum Gasteiger partial charge on any atom is 0.270 e. The molecular weight excluding hydrogens is 236 g/mol. The summed E-state index contributed by atoms with van der Waals surface area (Å²) >= 11 is 6.12. The van der Waals surface area contributed by atoms with E-state index in [0.29, 0.717) is 10.7 Å². The van der Waals surface area contributed by atoms with Crippen LogP contribution in [0.15, 0.2) is 30.3 Å². The number of rotatable bonds is 2. The molecule has 4 heteroatoms. The topological polar surface area (TPSA) is 42.0 Å². The molecule has 0 saturated carbocycles. The van der Waals surface area contributed by atoms with E-state index < -0.39 is 0 Å². The van der Waals surface area contributed by atoms with Gasteiger partial charge >= 0.3 is 0 Å². The molecule has 3 nitrogen and oxygen atoms in total. The molecule has 0 spiro atoms. The van der Waals surface area contributed by atoms with Crippen LogP contribution in [0.3, 0.4) is 0 Å². The van der Waals surface area contributed by atoms with Gasteiger partial charge in [-0.15, -0.1) is 0 Å². The lowest BCUT2D eigenvalue weighted by atomic mass is 10.2. The minimum Gasteiger partial charge on any atom is -0.349 e. The minimum atomic E-state index is -0.201. The first-order chi connectivity index (χ1) is 8.08. The highest BCUT2D eigenvalue weighted by molar-refractivity contribution is 6.35.